The average Bonchev–Trinajstić information content (AvgIpc) is 3.22. The van der Waals surface area contributed by atoms with Gasteiger partial charge in [-0.1, -0.05) is 41.7 Å². The number of piperidine rings is 1. The highest BCUT2D eigenvalue weighted by atomic mass is 35.5. The Balaban J connectivity index is 1.38. The summed E-state index contributed by atoms with van der Waals surface area (Å²) in [4.78, 5) is 14.7. The SMILES string of the molecule is CC1CCN(c2ccc(NC(=O)/C=C/c3ccc(-c4ccc(Cl)cc4Cl)o3)cc2Cl)CC1. The predicted octanol–water partition coefficient (Wildman–Crippen LogP) is 7.80. The minimum absolute atomic E-state index is 0.275. The third-order valence-corrected chi connectivity index (χ3v) is 6.41. The topological polar surface area (TPSA) is 45.5 Å². The molecule has 4 nitrogen and oxygen atoms in total. The number of amides is 1. The second kappa shape index (κ2) is 10.0. The van der Waals surface area contributed by atoms with E-state index in [-0.39, 0.29) is 5.91 Å². The molecular weight excluding hydrogens is 467 g/mol. The Hall–Kier alpha value is -2.40. The van der Waals surface area contributed by atoms with Crippen molar-refractivity contribution in [3.05, 3.63) is 75.4 Å². The fourth-order valence-electron chi connectivity index (χ4n) is 3.71. The summed E-state index contributed by atoms with van der Waals surface area (Å²) in [5.74, 6) is 1.61. The van der Waals surface area contributed by atoms with Crippen molar-refractivity contribution in [1.29, 1.82) is 0 Å². The summed E-state index contributed by atoms with van der Waals surface area (Å²) in [6, 6.07) is 14.4. The second-order valence-electron chi connectivity index (χ2n) is 7.98. The van der Waals surface area contributed by atoms with Crippen molar-refractivity contribution in [1.82, 2.24) is 0 Å². The number of carbonyl (C=O) groups is 1. The lowest BCUT2D eigenvalue weighted by atomic mass is 9.99. The minimum Gasteiger partial charge on any atom is -0.457 e. The fraction of sp³-hybridized carbons (Fsp3) is 0.240. The van der Waals surface area contributed by atoms with Gasteiger partial charge in [0.25, 0.3) is 0 Å². The standard InChI is InChI=1S/C25H23Cl3N2O2/c1-16-10-12-30(13-11-16)23-7-3-18(15-22(23)28)29-25(31)9-5-19-4-8-24(32-19)20-6-2-17(26)14-21(20)27/h2-9,14-16H,10-13H2,1H3,(H,29,31)/b9-5+. The van der Waals surface area contributed by atoms with Gasteiger partial charge in [0.05, 0.1) is 15.7 Å². The van der Waals surface area contributed by atoms with Gasteiger partial charge in [0.15, 0.2) is 0 Å². The predicted molar refractivity (Wildman–Crippen MR) is 134 cm³/mol. The number of anilines is 2. The monoisotopic (exact) mass is 488 g/mol. The van der Waals surface area contributed by atoms with Crippen LogP contribution >= 0.6 is 34.8 Å². The first-order valence-electron chi connectivity index (χ1n) is 10.5. The van der Waals surface area contributed by atoms with Gasteiger partial charge < -0.3 is 14.6 Å². The molecule has 1 aliphatic heterocycles. The van der Waals surface area contributed by atoms with E-state index in [4.69, 9.17) is 39.2 Å². The molecule has 32 heavy (non-hydrogen) atoms. The average molecular weight is 490 g/mol. The van der Waals surface area contributed by atoms with Gasteiger partial charge >= 0.3 is 0 Å². The zero-order valence-corrected chi connectivity index (χ0v) is 19.8. The normalized spacial score (nSPS) is 14.8. The van der Waals surface area contributed by atoms with Crippen LogP contribution in [0.4, 0.5) is 11.4 Å². The number of nitrogens with one attached hydrogen (secondary N) is 1. The van der Waals surface area contributed by atoms with Gasteiger partial charge in [-0.15, -0.1) is 0 Å². The van der Waals surface area contributed by atoms with E-state index in [2.05, 4.69) is 17.1 Å². The first kappa shape index (κ1) is 22.8. The lowest BCUT2D eigenvalue weighted by Crippen LogP contribution is -2.32. The molecule has 2 aromatic carbocycles. The van der Waals surface area contributed by atoms with Crippen molar-refractivity contribution in [3.8, 4) is 11.3 Å². The van der Waals surface area contributed by atoms with Gasteiger partial charge in [0.1, 0.15) is 11.5 Å². The largest absolute Gasteiger partial charge is 0.457 e. The van der Waals surface area contributed by atoms with Gasteiger partial charge in [0, 0.05) is 35.4 Å². The summed E-state index contributed by atoms with van der Waals surface area (Å²) >= 11 is 18.7. The number of hydrogen-bond acceptors (Lipinski definition) is 3. The molecule has 166 valence electrons. The first-order chi connectivity index (χ1) is 15.4. The summed E-state index contributed by atoms with van der Waals surface area (Å²) in [6.45, 7) is 4.28. The summed E-state index contributed by atoms with van der Waals surface area (Å²) in [6.07, 6.45) is 5.35. The molecule has 3 aromatic rings. The maximum atomic E-state index is 12.4. The van der Waals surface area contributed by atoms with E-state index >= 15 is 0 Å². The summed E-state index contributed by atoms with van der Waals surface area (Å²) < 4.78 is 5.78. The van der Waals surface area contributed by atoms with Crippen LogP contribution < -0.4 is 10.2 Å². The van der Waals surface area contributed by atoms with Crippen molar-refractivity contribution < 1.29 is 9.21 Å². The number of furan rings is 1. The molecule has 0 spiro atoms. The Labute approximate surface area is 202 Å². The minimum atomic E-state index is -0.275. The molecule has 1 saturated heterocycles. The van der Waals surface area contributed by atoms with Gasteiger partial charge in [0.2, 0.25) is 5.91 Å². The van der Waals surface area contributed by atoms with E-state index in [0.29, 0.717) is 32.3 Å². The Bertz CT molecular complexity index is 1150. The Morgan fingerprint density at radius 3 is 2.53 bits per heavy atom. The second-order valence-corrected chi connectivity index (χ2v) is 9.24. The van der Waals surface area contributed by atoms with Crippen LogP contribution in [0.1, 0.15) is 25.5 Å². The lowest BCUT2D eigenvalue weighted by molar-refractivity contribution is -0.111. The van der Waals surface area contributed by atoms with E-state index < -0.39 is 0 Å². The molecule has 0 atom stereocenters. The summed E-state index contributed by atoms with van der Waals surface area (Å²) in [7, 11) is 0. The van der Waals surface area contributed by atoms with Crippen molar-refractivity contribution in [2.45, 2.75) is 19.8 Å². The highest BCUT2D eigenvalue weighted by Gasteiger charge is 2.18. The first-order valence-corrected chi connectivity index (χ1v) is 11.6. The van der Waals surface area contributed by atoms with E-state index in [1.54, 1.807) is 42.5 Å². The summed E-state index contributed by atoms with van der Waals surface area (Å²) in [5, 5.41) is 4.53. The molecule has 2 heterocycles. The van der Waals surface area contributed by atoms with Crippen molar-refractivity contribution in [2.75, 3.05) is 23.3 Å². The molecular formula is C25H23Cl3N2O2. The molecule has 0 aliphatic carbocycles. The zero-order chi connectivity index (χ0) is 22.7. The van der Waals surface area contributed by atoms with Crippen LogP contribution in [0.25, 0.3) is 17.4 Å². The highest BCUT2D eigenvalue weighted by Crippen LogP contribution is 2.33. The lowest BCUT2D eigenvalue weighted by Gasteiger charge is -2.32. The Morgan fingerprint density at radius 2 is 1.81 bits per heavy atom. The maximum Gasteiger partial charge on any atom is 0.248 e. The van der Waals surface area contributed by atoms with Crippen LogP contribution in [0, 0.1) is 5.92 Å². The van der Waals surface area contributed by atoms with Crippen LogP contribution in [0.15, 0.2) is 59.0 Å². The molecule has 1 aromatic heterocycles. The molecule has 7 heteroatoms. The van der Waals surface area contributed by atoms with E-state index in [9.17, 15) is 4.79 Å². The molecule has 0 unspecified atom stereocenters. The highest BCUT2D eigenvalue weighted by molar-refractivity contribution is 6.36. The third-order valence-electron chi connectivity index (χ3n) is 5.56. The number of nitrogens with zero attached hydrogens (tertiary/aromatic N) is 1. The number of carbonyl (C=O) groups excluding carboxylic acids is 1. The fourth-order valence-corrected chi connectivity index (χ4v) is 4.51. The van der Waals surface area contributed by atoms with Crippen molar-refractivity contribution in [3.63, 3.8) is 0 Å². The summed E-state index contributed by atoms with van der Waals surface area (Å²) in [5.41, 5.74) is 2.39. The smallest absolute Gasteiger partial charge is 0.248 e. The van der Waals surface area contributed by atoms with Crippen LogP contribution in [0.3, 0.4) is 0 Å². The number of rotatable bonds is 5. The molecule has 1 amide bonds. The molecule has 1 fully saturated rings. The van der Waals surface area contributed by atoms with Gasteiger partial charge in [-0.3, -0.25) is 4.79 Å². The van der Waals surface area contributed by atoms with Crippen molar-refractivity contribution in [2.24, 2.45) is 5.92 Å². The molecule has 0 saturated carbocycles. The van der Waals surface area contributed by atoms with Gasteiger partial charge in [-0.2, -0.15) is 0 Å². The Kier molecular flexibility index (Phi) is 7.14. The molecule has 4 rings (SSSR count). The van der Waals surface area contributed by atoms with Gasteiger partial charge in [-0.25, -0.2) is 0 Å². The van der Waals surface area contributed by atoms with E-state index in [1.807, 2.05) is 12.1 Å². The number of benzene rings is 2. The number of halogens is 3. The molecule has 0 radical (unpaired) electrons. The van der Waals surface area contributed by atoms with Crippen LogP contribution in [-0.2, 0) is 4.79 Å². The number of hydrogen-bond donors (Lipinski definition) is 1. The van der Waals surface area contributed by atoms with Gasteiger partial charge in [-0.05, 0) is 73.4 Å². The maximum absolute atomic E-state index is 12.4. The molecule has 1 N–H and O–H groups in total. The van der Waals surface area contributed by atoms with Crippen LogP contribution in [0.2, 0.25) is 15.1 Å². The molecule has 0 bridgehead atoms. The quantitative estimate of drug-likeness (QED) is 0.372. The Morgan fingerprint density at radius 1 is 1.03 bits per heavy atom. The van der Waals surface area contributed by atoms with E-state index in [0.717, 1.165) is 30.3 Å². The van der Waals surface area contributed by atoms with Crippen LogP contribution in [-0.4, -0.2) is 19.0 Å². The van der Waals surface area contributed by atoms with E-state index in [1.165, 1.54) is 18.9 Å². The molecule has 1 aliphatic rings. The third kappa shape index (κ3) is 5.50. The van der Waals surface area contributed by atoms with Crippen LogP contribution in [0.5, 0.6) is 0 Å². The van der Waals surface area contributed by atoms with Crippen molar-refractivity contribution >= 4 is 58.2 Å². The zero-order valence-electron chi connectivity index (χ0n) is 17.6.